The van der Waals surface area contributed by atoms with Gasteiger partial charge in [-0.25, -0.2) is 9.37 Å². The third-order valence-corrected chi connectivity index (χ3v) is 2.42. The largest absolute Gasteiger partial charge is 0.404 e. The maximum atomic E-state index is 13.4. The predicted octanol–water partition coefficient (Wildman–Crippen LogP) is 3.45. The van der Waals surface area contributed by atoms with Crippen molar-refractivity contribution >= 4 is 12.6 Å². The molecule has 0 fully saturated rings. The average Bonchev–Trinajstić information content (AvgIpc) is 2.18. The molecule has 0 N–H and O–H groups in total. The first-order valence-corrected chi connectivity index (χ1v) is 5.03. The normalized spacial score (nSPS) is 11.9. The van der Waals surface area contributed by atoms with E-state index in [1.807, 2.05) is 5.92 Å². The van der Waals surface area contributed by atoms with Gasteiger partial charge < -0.3 is 0 Å². The number of rotatable bonds is 0. The molecule has 1 nitrogen and oxygen atoms in total. The second-order valence-electron chi connectivity index (χ2n) is 3.87. The number of thiol groups is 1. The van der Waals surface area contributed by atoms with Gasteiger partial charge in [-0.3, -0.25) is 0 Å². The van der Waals surface area contributed by atoms with Gasteiger partial charge in [0.25, 0.3) is 0 Å². The summed E-state index contributed by atoms with van der Waals surface area (Å²) in [4.78, 5) is 3.55. The quantitative estimate of drug-likeness (QED) is 0.430. The summed E-state index contributed by atoms with van der Waals surface area (Å²) in [5.74, 6) is 3.25. The van der Waals surface area contributed by atoms with Crippen molar-refractivity contribution in [3.05, 3.63) is 23.8 Å². The van der Waals surface area contributed by atoms with Crippen molar-refractivity contribution in [1.82, 2.24) is 4.98 Å². The summed E-state index contributed by atoms with van der Waals surface area (Å²) in [6.07, 6.45) is -3.24. The summed E-state index contributed by atoms with van der Waals surface area (Å²) < 4.78 is 50.8. The van der Waals surface area contributed by atoms with Crippen molar-refractivity contribution < 1.29 is 17.6 Å². The zero-order valence-corrected chi connectivity index (χ0v) is 9.96. The van der Waals surface area contributed by atoms with E-state index in [9.17, 15) is 17.6 Å². The Hall–Kier alpha value is -1.22. The molecule has 92 valence electrons. The number of nitrogens with zero attached hydrogens (tertiary/aromatic N) is 1. The van der Waals surface area contributed by atoms with Gasteiger partial charge in [0.05, 0.1) is 0 Å². The van der Waals surface area contributed by atoms with E-state index in [-0.39, 0.29) is 10.6 Å². The second-order valence-corrected chi connectivity index (χ2v) is 4.35. The Morgan fingerprint density at radius 2 is 1.88 bits per heavy atom. The van der Waals surface area contributed by atoms with Crippen LogP contribution in [0.5, 0.6) is 0 Å². The summed E-state index contributed by atoms with van der Waals surface area (Å²) in [6, 6.07) is 1.29. The molecule has 1 rings (SSSR count). The van der Waals surface area contributed by atoms with Crippen LogP contribution in [0.3, 0.4) is 0 Å². The fraction of sp³-hybridized carbons (Fsp3) is 0.364. The Kier molecular flexibility index (Phi) is 3.72. The van der Waals surface area contributed by atoms with E-state index in [0.717, 1.165) is 13.8 Å². The fourth-order valence-corrected chi connectivity index (χ4v) is 0.980. The topological polar surface area (TPSA) is 12.9 Å². The smallest absolute Gasteiger partial charge is 0.245 e. The van der Waals surface area contributed by atoms with Crippen LogP contribution in [-0.4, -0.2) is 11.2 Å². The number of alkyl halides is 3. The van der Waals surface area contributed by atoms with E-state index < -0.39 is 17.4 Å². The van der Waals surface area contributed by atoms with Gasteiger partial charge >= 0.3 is 6.18 Å². The lowest BCUT2D eigenvalue weighted by atomic mass is 9.93. The Bertz CT molecular complexity index is 482. The molecule has 0 unspecified atom stereocenters. The highest BCUT2D eigenvalue weighted by Gasteiger charge is 2.46. The molecular formula is C11H9F4NS. The van der Waals surface area contributed by atoms with Gasteiger partial charge in [-0.15, -0.1) is 12.6 Å². The number of pyridine rings is 1. The molecule has 17 heavy (non-hydrogen) atoms. The Morgan fingerprint density at radius 3 is 2.41 bits per heavy atom. The van der Waals surface area contributed by atoms with Crippen molar-refractivity contribution in [1.29, 1.82) is 0 Å². The molecule has 6 heteroatoms. The molecule has 0 bridgehead atoms. The molecule has 1 heterocycles. The molecule has 0 amide bonds. The lowest BCUT2D eigenvalue weighted by Gasteiger charge is -2.21. The maximum absolute atomic E-state index is 13.4. The van der Waals surface area contributed by atoms with Crippen molar-refractivity contribution in [2.45, 2.75) is 24.9 Å². The minimum Gasteiger partial charge on any atom is -0.245 e. The lowest BCUT2D eigenvalue weighted by Crippen LogP contribution is -2.30. The first kappa shape index (κ1) is 13.8. The number of hydrogen-bond donors (Lipinski definition) is 1. The maximum Gasteiger partial charge on any atom is 0.404 e. The first-order chi connectivity index (χ1) is 7.65. The van der Waals surface area contributed by atoms with E-state index in [1.165, 1.54) is 12.3 Å². The van der Waals surface area contributed by atoms with E-state index >= 15 is 0 Å². The highest BCUT2D eigenvalue weighted by molar-refractivity contribution is 7.80. The number of aromatic nitrogens is 1. The van der Waals surface area contributed by atoms with Crippen LogP contribution in [0.25, 0.3) is 0 Å². The molecule has 0 aliphatic rings. The van der Waals surface area contributed by atoms with Gasteiger partial charge in [0, 0.05) is 11.1 Å². The lowest BCUT2D eigenvalue weighted by molar-refractivity contribution is -0.190. The minimum atomic E-state index is -4.48. The summed E-state index contributed by atoms with van der Waals surface area (Å²) in [5.41, 5.74) is -2.55. The van der Waals surface area contributed by atoms with Crippen LogP contribution in [0.4, 0.5) is 17.6 Å². The molecule has 0 aromatic carbocycles. The highest BCUT2D eigenvalue weighted by Crippen LogP contribution is 2.36. The predicted molar refractivity (Wildman–Crippen MR) is 58.2 cm³/mol. The van der Waals surface area contributed by atoms with Gasteiger partial charge in [-0.05, 0) is 25.8 Å². The number of hydrogen-bond acceptors (Lipinski definition) is 2. The molecule has 0 radical (unpaired) electrons. The van der Waals surface area contributed by atoms with Gasteiger partial charge in [-0.1, -0.05) is 5.92 Å². The molecule has 0 spiro atoms. The molecule has 1 aromatic heterocycles. The van der Waals surface area contributed by atoms with Crippen molar-refractivity contribution in [3.63, 3.8) is 0 Å². The standard InChI is InChI=1S/C11H9F4NS/c1-10(2,11(13,14)15)5-3-7-9(12)8(17)4-6-16-7/h4,6H,1-2H3,(H,16,17). The first-order valence-electron chi connectivity index (χ1n) is 4.58. The van der Waals surface area contributed by atoms with Crippen LogP contribution in [-0.2, 0) is 0 Å². The summed E-state index contributed by atoms with van der Waals surface area (Å²) in [6.45, 7) is 1.84. The van der Waals surface area contributed by atoms with E-state index in [0.29, 0.717) is 0 Å². The van der Waals surface area contributed by atoms with Crippen LogP contribution in [0, 0.1) is 23.1 Å². The fourth-order valence-electron chi connectivity index (χ4n) is 0.807. The molecule has 0 saturated carbocycles. The Morgan fingerprint density at radius 1 is 1.29 bits per heavy atom. The van der Waals surface area contributed by atoms with Crippen molar-refractivity contribution in [2.75, 3.05) is 0 Å². The highest BCUT2D eigenvalue weighted by atomic mass is 32.1. The summed E-state index contributed by atoms with van der Waals surface area (Å²) >= 11 is 3.78. The third-order valence-electron chi connectivity index (χ3n) is 2.07. The Balaban J connectivity index is 3.12. The summed E-state index contributed by atoms with van der Waals surface area (Å²) in [7, 11) is 0. The zero-order chi connectivity index (χ0) is 13.3. The molecule has 1 aromatic rings. The van der Waals surface area contributed by atoms with E-state index in [4.69, 9.17) is 0 Å². The van der Waals surface area contributed by atoms with Crippen LogP contribution in [0.15, 0.2) is 17.2 Å². The van der Waals surface area contributed by atoms with Crippen LogP contribution >= 0.6 is 12.6 Å². The van der Waals surface area contributed by atoms with E-state index in [2.05, 4.69) is 23.5 Å². The van der Waals surface area contributed by atoms with Crippen LogP contribution in [0.1, 0.15) is 19.5 Å². The average molecular weight is 263 g/mol. The monoisotopic (exact) mass is 263 g/mol. The zero-order valence-electron chi connectivity index (χ0n) is 9.06. The van der Waals surface area contributed by atoms with Gasteiger partial charge in [0.15, 0.2) is 5.82 Å². The molecule has 0 atom stereocenters. The van der Waals surface area contributed by atoms with E-state index in [1.54, 1.807) is 0 Å². The van der Waals surface area contributed by atoms with Crippen molar-refractivity contribution in [2.24, 2.45) is 5.41 Å². The molecular weight excluding hydrogens is 254 g/mol. The second kappa shape index (κ2) is 4.57. The van der Waals surface area contributed by atoms with Gasteiger partial charge in [0.1, 0.15) is 11.1 Å². The van der Waals surface area contributed by atoms with Crippen LogP contribution < -0.4 is 0 Å². The molecule has 0 aliphatic heterocycles. The summed E-state index contributed by atoms with van der Waals surface area (Å²) in [5, 5.41) is 0. The van der Waals surface area contributed by atoms with Crippen molar-refractivity contribution in [3.8, 4) is 11.8 Å². The Labute approximate surface area is 102 Å². The molecule has 0 aliphatic carbocycles. The van der Waals surface area contributed by atoms with Crippen LogP contribution in [0.2, 0.25) is 0 Å². The third kappa shape index (κ3) is 3.13. The van der Waals surface area contributed by atoms with Gasteiger partial charge in [0.2, 0.25) is 0 Å². The van der Waals surface area contributed by atoms with Gasteiger partial charge in [-0.2, -0.15) is 13.2 Å². The number of halogens is 4. The molecule has 0 saturated heterocycles. The SMILES string of the molecule is CC(C)(C#Cc1nccc(S)c1F)C(F)(F)F. The minimum absolute atomic E-state index is 0.00545.